The van der Waals surface area contributed by atoms with Gasteiger partial charge < -0.3 is 18.9 Å². The van der Waals surface area contributed by atoms with Gasteiger partial charge in [-0.3, -0.25) is 4.79 Å². The molecule has 34 heavy (non-hydrogen) atoms. The third-order valence-electron chi connectivity index (χ3n) is 5.33. The van der Waals surface area contributed by atoms with E-state index in [1.807, 2.05) is 24.3 Å². The van der Waals surface area contributed by atoms with Crippen LogP contribution in [0.15, 0.2) is 72.8 Å². The van der Waals surface area contributed by atoms with Crippen molar-refractivity contribution in [1.29, 1.82) is 0 Å². The van der Waals surface area contributed by atoms with Crippen molar-refractivity contribution < 1.29 is 28.5 Å². The molecule has 0 atom stereocenters. The summed E-state index contributed by atoms with van der Waals surface area (Å²) in [5.74, 6) is 0.483. The maximum absolute atomic E-state index is 13.1. The van der Waals surface area contributed by atoms with Crippen LogP contribution in [0.3, 0.4) is 0 Å². The Bertz CT molecular complexity index is 1330. The first-order chi connectivity index (χ1) is 16.5. The Morgan fingerprint density at radius 3 is 2.09 bits per heavy atom. The quantitative estimate of drug-likeness (QED) is 0.273. The molecule has 0 saturated heterocycles. The van der Waals surface area contributed by atoms with Gasteiger partial charge in [0, 0.05) is 16.5 Å². The zero-order valence-electron chi connectivity index (χ0n) is 19.0. The molecule has 0 fully saturated rings. The fourth-order valence-corrected chi connectivity index (χ4v) is 3.64. The highest BCUT2D eigenvalue weighted by atomic mass is 16.5. The van der Waals surface area contributed by atoms with Gasteiger partial charge in [0.05, 0.1) is 38.1 Å². The van der Waals surface area contributed by atoms with E-state index in [-0.39, 0.29) is 12.4 Å². The van der Waals surface area contributed by atoms with E-state index >= 15 is 0 Å². The van der Waals surface area contributed by atoms with E-state index in [0.717, 1.165) is 0 Å². The van der Waals surface area contributed by atoms with Crippen molar-refractivity contribution in [2.75, 3.05) is 27.9 Å². The lowest BCUT2D eigenvalue weighted by Crippen LogP contribution is -2.15. The van der Waals surface area contributed by atoms with E-state index in [2.05, 4.69) is 0 Å². The molecule has 0 spiro atoms. The van der Waals surface area contributed by atoms with Crippen molar-refractivity contribution in [2.45, 2.75) is 0 Å². The average molecular weight is 457 g/mol. The Morgan fingerprint density at radius 2 is 1.44 bits per heavy atom. The van der Waals surface area contributed by atoms with Crippen LogP contribution < -0.4 is 14.2 Å². The average Bonchev–Trinajstić information content (AvgIpc) is 2.90. The number of esters is 1. The van der Waals surface area contributed by atoms with E-state index in [9.17, 15) is 9.59 Å². The Balaban J connectivity index is 1.73. The molecule has 0 amide bonds. The van der Waals surface area contributed by atoms with Crippen molar-refractivity contribution in [3.63, 3.8) is 0 Å². The molecule has 0 radical (unpaired) electrons. The van der Waals surface area contributed by atoms with Crippen LogP contribution in [0.5, 0.6) is 17.2 Å². The number of ketones is 1. The number of methoxy groups -OCH3 is 3. The molecule has 4 rings (SSSR count). The smallest absolute Gasteiger partial charge is 0.339 e. The van der Waals surface area contributed by atoms with Crippen LogP contribution in [0.1, 0.15) is 20.7 Å². The van der Waals surface area contributed by atoms with Crippen molar-refractivity contribution in [1.82, 2.24) is 4.98 Å². The molecule has 0 saturated carbocycles. The van der Waals surface area contributed by atoms with Gasteiger partial charge in [-0.25, -0.2) is 9.78 Å². The summed E-state index contributed by atoms with van der Waals surface area (Å²) in [6, 6.07) is 21.1. The fraction of sp³-hybridized carbons (Fsp3) is 0.148. The molecular formula is C27H23NO6. The van der Waals surface area contributed by atoms with Gasteiger partial charge in [0.25, 0.3) is 0 Å². The summed E-state index contributed by atoms with van der Waals surface area (Å²) in [5.41, 5.74) is 2.56. The van der Waals surface area contributed by atoms with Crippen LogP contribution in [0.4, 0.5) is 0 Å². The first kappa shape index (κ1) is 22.8. The van der Waals surface area contributed by atoms with Crippen molar-refractivity contribution >= 4 is 22.7 Å². The third kappa shape index (κ3) is 4.54. The number of para-hydroxylation sites is 1. The number of aromatic nitrogens is 1. The summed E-state index contributed by atoms with van der Waals surface area (Å²) in [6.07, 6.45) is 0. The number of hydrogen-bond acceptors (Lipinski definition) is 7. The summed E-state index contributed by atoms with van der Waals surface area (Å²) >= 11 is 0. The predicted octanol–water partition coefficient (Wildman–Crippen LogP) is 4.97. The molecular weight excluding hydrogens is 434 g/mol. The van der Waals surface area contributed by atoms with Crippen LogP contribution in [-0.2, 0) is 4.74 Å². The highest BCUT2D eigenvalue weighted by molar-refractivity contribution is 6.06. The summed E-state index contributed by atoms with van der Waals surface area (Å²) in [5, 5.41) is 0.621. The highest BCUT2D eigenvalue weighted by Gasteiger charge is 2.19. The Morgan fingerprint density at radius 1 is 0.794 bits per heavy atom. The third-order valence-corrected chi connectivity index (χ3v) is 5.33. The number of ether oxygens (including phenoxy) is 4. The van der Waals surface area contributed by atoms with Crippen LogP contribution >= 0.6 is 0 Å². The zero-order chi connectivity index (χ0) is 24.1. The van der Waals surface area contributed by atoms with Crippen LogP contribution in [0, 0.1) is 0 Å². The number of fused-ring (bicyclic) bond motifs is 1. The predicted molar refractivity (Wildman–Crippen MR) is 128 cm³/mol. The summed E-state index contributed by atoms with van der Waals surface area (Å²) in [4.78, 5) is 30.2. The standard InChI is InChI=1S/C27H23NO6/c1-31-24-13-18(14-25(32-2)26(24)33-3)22-15-20(19-11-7-8-12-21(19)28-22)27(30)34-16-23(29)17-9-5-4-6-10-17/h4-15H,16H2,1-3H3. The summed E-state index contributed by atoms with van der Waals surface area (Å²) in [6.45, 7) is -0.362. The molecule has 0 N–H and O–H groups in total. The largest absolute Gasteiger partial charge is 0.493 e. The van der Waals surface area contributed by atoms with Gasteiger partial charge in [-0.15, -0.1) is 0 Å². The number of rotatable bonds is 8. The van der Waals surface area contributed by atoms with Crippen LogP contribution in [0.25, 0.3) is 22.2 Å². The lowest BCUT2D eigenvalue weighted by atomic mass is 10.0. The number of hydrogen-bond donors (Lipinski definition) is 0. The molecule has 7 heteroatoms. The molecule has 0 bridgehead atoms. The van der Waals surface area contributed by atoms with E-state index in [1.165, 1.54) is 21.3 Å². The molecule has 0 aliphatic rings. The number of carbonyl (C=O) groups excluding carboxylic acids is 2. The minimum atomic E-state index is -0.614. The van der Waals surface area contributed by atoms with E-state index in [1.54, 1.807) is 48.5 Å². The van der Waals surface area contributed by atoms with Crippen LogP contribution in [0.2, 0.25) is 0 Å². The zero-order valence-corrected chi connectivity index (χ0v) is 19.0. The number of Topliss-reactive ketones (excluding diaryl/α,β-unsaturated/α-hetero) is 1. The number of benzene rings is 3. The number of nitrogens with zero attached hydrogens (tertiary/aromatic N) is 1. The molecule has 7 nitrogen and oxygen atoms in total. The molecule has 0 aliphatic carbocycles. The number of carbonyl (C=O) groups is 2. The summed E-state index contributed by atoms with van der Waals surface area (Å²) in [7, 11) is 4.59. The SMILES string of the molecule is COc1cc(-c2cc(C(=O)OCC(=O)c3ccccc3)c3ccccc3n2)cc(OC)c1OC. The minimum Gasteiger partial charge on any atom is -0.493 e. The first-order valence-corrected chi connectivity index (χ1v) is 10.5. The molecule has 4 aromatic rings. The van der Waals surface area contributed by atoms with Gasteiger partial charge in [-0.05, 0) is 24.3 Å². The minimum absolute atomic E-state index is 0.280. The van der Waals surface area contributed by atoms with E-state index in [4.69, 9.17) is 23.9 Å². The second kappa shape index (κ2) is 10.0. The van der Waals surface area contributed by atoms with E-state index in [0.29, 0.717) is 50.5 Å². The van der Waals surface area contributed by atoms with Gasteiger partial charge in [0.1, 0.15) is 0 Å². The second-order valence-corrected chi connectivity index (χ2v) is 7.35. The molecule has 0 aliphatic heterocycles. The maximum Gasteiger partial charge on any atom is 0.339 e. The molecule has 3 aromatic carbocycles. The normalized spacial score (nSPS) is 10.6. The van der Waals surface area contributed by atoms with Crippen molar-refractivity contribution in [2.24, 2.45) is 0 Å². The highest BCUT2D eigenvalue weighted by Crippen LogP contribution is 2.41. The Kier molecular flexibility index (Phi) is 6.73. The topological polar surface area (TPSA) is 84.0 Å². The van der Waals surface area contributed by atoms with Gasteiger partial charge in [-0.2, -0.15) is 0 Å². The van der Waals surface area contributed by atoms with Crippen LogP contribution in [-0.4, -0.2) is 44.7 Å². The van der Waals surface area contributed by atoms with Crippen molar-refractivity contribution in [3.05, 3.63) is 83.9 Å². The summed E-state index contributed by atoms with van der Waals surface area (Å²) < 4.78 is 21.7. The molecule has 172 valence electrons. The molecule has 1 heterocycles. The van der Waals surface area contributed by atoms with Gasteiger partial charge in [0.15, 0.2) is 23.9 Å². The van der Waals surface area contributed by atoms with Gasteiger partial charge in [-0.1, -0.05) is 48.5 Å². The number of pyridine rings is 1. The lowest BCUT2D eigenvalue weighted by molar-refractivity contribution is 0.0476. The monoisotopic (exact) mass is 457 g/mol. The van der Waals surface area contributed by atoms with E-state index < -0.39 is 5.97 Å². The Hall–Kier alpha value is -4.39. The molecule has 1 aromatic heterocycles. The first-order valence-electron chi connectivity index (χ1n) is 10.5. The van der Waals surface area contributed by atoms with Crippen molar-refractivity contribution in [3.8, 4) is 28.5 Å². The maximum atomic E-state index is 13.1. The second-order valence-electron chi connectivity index (χ2n) is 7.35. The van der Waals surface area contributed by atoms with Gasteiger partial charge in [0.2, 0.25) is 5.75 Å². The lowest BCUT2D eigenvalue weighted by Gasteiger charge is -2.15. The molecule has 0 unspecified atom stereocenters. The fourth-order valence-electron chi connectivity index (χ4n) is 3.64. The Labute approximate surface area is 196 Å². The van der Waals surface area contributed by atoms with Gasteiger partial charge >= 0.3 is 5.97 Å².